The van der Waals surface area contributed by atoms with E-state index in [0.717, 1.165) is 54.2 Å². The molecule has 1 aromatic heterocycles. The molecule has 4 aromatic rings. The van der Waals surface area contributed by atoms with Gasteiger partial charge in [0, 0.05) is 49.0 Å². The molecule has 0 aliphatic carbocycles. The van der Waals surface area contributed by atoms with Crippen molar-refractivity contribution in [2.24, 2.45) is 0 Å². The molecule has 0 amide bonds. The fourth-order valence-electron chi connectivity index (χ4n) is 4.38. The second kappa shape index (κ2) is 8.90. The number of methoxy groups -OCH3 is 1. The number of carbonyl (C=O) groups excluding carboxylic acids is 1. The van der Waals surface area contributed by atoms with Crippen LogP contribution in [0.25, 0.3) is 10.9 Å². The minimum atomic E-state index is -0.237. The summed E-state index contributed by atoms with van der Waals surface area (Å²) in [4.78, 5) is 22.5. The molecular formula is C27H24FN3O2. The van der Waals surface area contributed by atoms with Gasteiger partial charge in [0.15, 0.2) is 5.78 Å². The van der Waals surface area contributed by atoms with Crippen molar-refractivity contribution in [3.8, 4) is 5.75 Å². The van der Waals surface area contributed by atoms with Gasteiger partial charge in [-0.3, -0.25) is 9.78 Å². The molecule has 0 atom stereocenters. The van der Waals surface area contributed by atoms with Gasteiger partial charge >= 0.3 is 0 Å². The molecule has 0 radical (unpaired) electrons. The van der Waals surface area contributed by atoms with E-state index in [0.29, 0.717) is 11.1 Å². The first-order valence-electron chi connectivity index (χ1n) is 11.0. The maximum atomic E-state index is 13.5. The maximum Gasteiger partial charge on any atom is 0.196 e. The van der Waals surface area contributed by atoms with Gasteiger partial charge in [-0.15, -0.1) is 0 Å². The summed E-state index contributed by atoms with van der Waals surface area (Å²) in [5.41, 5.74) is 3.91. The number of ketones is 1. The third-order valence-corrected chi connectivity index (χ3v) is 6.11. The Morgan fingerprint density at radius 3 is 2.30 bits per heavy atom. The Hall–Kier alpha value is -3.93. The summed E-state index contributed by atoms with van der Waals surface area (Å²) < 4.78 is 18.8. The van der Waals surface area contributed by atoms with Crippen molar-refractivity contribution >= 4 is 28.1 Å². The van der Waals surface area contributed by atoms with Crippen LogP contribution in [0.4, 0.5) is 15.8 Å². The van der Waals surface area contributed by atoms with Crippen LogP contribution in [0.15, 0.2) is 79.0 Å². The summed E-state index contributed by atoms with van der Waals surface area (Å²) in [5, 5.41) is 0.895. The molecule has 1 aliphatic rings. The number of fused-ring (bicyclic) bond motifs is 1. The number of hydrogen-bond acceptors (Lipinski definition) is 5. The van der Waals surface area contributed by atoms with Crippen LogP contribution in [-0.2, 0) is 0 Å². The van der Waals surface area contributed by atoms with E-state index >= 15 is 0 Å². The molecule has 1 saturated heterocycles. The molecule has 2 heterocycles. The molecule has 33 heavy (non-hydrogen) atoms. The van der Waals surface area contributed by atoms with Gasteiger partial charge < -0.3 is 14.5 Å². The topological polar surface area (TPSA) is 45.7 Å². The van der Waals surface area contributed by atoms with Crippen molar-refractivity contribution in [3.05, 3.63) is 95.9 Å². The first-order chi connectivity index (χ1) is 16.1. The second-order valence-corrected chi connectivity index (χ2v) is 8.05. The average molecular weight is 442 g/mol. The van der Waals surface area contributed by atoms with E-state index in [4.69, 9.17) is 4.74 Å². The number of aromatic nitrogens is 1. The zero-order valence-electron chi connectivity index (χ0n) is 18.4. The molecule has 3 aromatic carbocycles. The minimum absolute atomic E-state index is 0.0521. The Balaban J connectivity index is 1.54. The third-order valence-electron chi connectivity index (χ3n) is 6.11. The largest absolute Gasteiger partial charge is 0.497 e. The highest BCUT2D eigenvalue weighted by Gasteiger charge is 2.25. The number of carbonyl (C=O) groups is 1. The average Bonchev–Trinajstić information content (AvgIpc) is 2.88. The molecule has 166 valence electrons. The fourth-order valence-corrected chi connectivity index (χ4v) is 4.38. The van der Waals surface area contributed by atoms with Gasteiger partial charge in [0.05, 0.1) is 23.9 Å². The van der Waals surface area contributed by atoms with Crippen LogP contribution in [0.5, 0.6) is 5.75 Å². The number of halogens is 1. The lowest BCUT2D eigenvalue weighted by molar-refractivity contribution is 0.103. The summed E-state index contributed by atoms with van der Waals surface area (Å²) in [6.45, 7) is 2.97. The van der Waals surface area contributed by atoms with E-state index < -0.39 is 0 Å². The Morgan fingerprint density at radius 1 is 0.909 bits per heavy atom. The van der Waals surface area contributed by atoms with E-state index in [1.807, 2.05) is 60.7 Å². The fraction of sp³-hybridized carbons (Fsp3) is 0.185. The zero-order valence-corrected chi connectivity index (χ0v) is 18.4. The normalized spacial score (nSPS) is 13.9. The van der Waals surface area contributed by atoms with E-state index in [2.05, 4.69) is 14.8 Å². The Labute approximate surface area is 192 Å². The number of nitrogens with zero attached hydrogens (tertiary/aromatic N) is 3. The van der Waals surface area contributed by atoms with Crippen LogP contribution in [0.3, 0.4) is 0 Å². The highest BCUT2D eigenvalue weighted by molar-refractivity contribution is 6.16. The number of rotatable bonds is 5. The smallest absolute Gasteiger partial charge is 0.196 e. The number of pyridine rings is 1. The number of hydrogen-bond donors (Lipinski definition) is 0. The summed E-state index contributed by atoms with van der Waals surface area (Å²) in [5.74, 6) is 0.433. The number of anilines is 2. The van der Waals surface area contributed by atoms with Gasteiger partial charge in [0.1, 0.15) is 11.6 Å². The zero-order chi connectivity index (χ0) is 22.8. The molecule has 0 unspecified atom stereocenters. The SMILES string of the molecule is COc1ccc2ncc(C(=O)c3ccccc3)c(N3CCN(c4ccc(F)cc4)CC3)c2c1. The van der Waals surface area contributed by atoms with Gasteiger partial charge in [-0.05, 0) is 42.5 Å². The predicted octanol–water partition coefficient (Wildman–Crippen LogP) is 4.94. The first-order valence-corrected chi connectivity index (χ1v) is 11.0. The molecule has 1 aliphatic heterocycles. The Morgan fingerprint density at radius 2 is 1.61 bits per heavy atom. The lowest BCUT2D eigenvalue weighted by atomic mass is 9.99. The Kier molecular flexibility index (Phi) is 5.65. The number of piperazine rings is 1. The summed E-state index contributed by atoms with van der Waals surface area (Å²) in [7, 11) is 1.63. The van der Waals surface area contributed by atoms with Gasteiger partial charge in [-0.2, -0.15) is 0 Å². The molecule has 0 spiro atoms. The van der Waals surface area contributed by atoms with Crippen LogP contribution >= 0.6 is 0 Å². The maximum absolute atomic E-state index is 13.5. The van der Waals surface area contributed by atoms with Gasteiger partial charge in [0.2, 0.25) is 0 Å². The summed E-state index contributed by atoms with van der Waals surface area (Å²) in [6, 6.07) is 21.6. The van der Waals surface area contributed by atoms with E-state index in [1.54, 1.807) is 13.3 Å². The van der Waals surface area contributed by atoms with Crippen molar-refractivity contribution in [2.45, 2.75) is 0 Å². The summed E-state index contributed by atoms with van der Waals surface area (Å²) >= 11 is 0. The minimum Gasteiger partial charge on any atom is -0.497 e. The van der Waals surface area contributed by atoms with Crippen molar-refractivity contribution in [3.63, 3.8) is 0 Å². The first kappa shape index (κ1) is 20.9. The molecule has 5 rings (SSSR count). The van der Waals surface area contributed by atoms with E-state index in [-0.39, 0.29) is 11.6 Å². The third kappa shape index (κ3) is 4.12. The predicted molar refractivity (Wildman–Crippen MR) is 129 cm³/mol. The van der Waals surface area contributed by atoms with Crippen molar-refractivity contribution in [1.29, 1.82) is 0 Å². The Bertz CT molecular complexity index is 1280. The van der Waals surface area contributed by atoms with Crippen LogP contribution in [0.1, 0.15) is 15.9 Å². The molecule has 0 saturated carbocycles. The molecule has 0 N–H and O–H groups in total. The number of benzene rings is 3. The van der Waals surface area contributed by atoms with Gasteiger partial charge in [0.25, 0.3) is 0 Å². The summed E-state index contributed by atoms with van der Waals surface area (Å²) in [6.07, 6.45) is 1.69. The van der Waals surface area contributed by atoms with E-state index in [9.17, 15) is 9.18 Å². The van der Waals surface area contributed by atoms with Crippen LogP contribution in [0, 0.1) is 5.82 Å². The van der Waals surface area contributed by atoms with Crippen molar-refractivity contribution in [2.75, 3.05) is 43.1 Å². The van der Waals surface area contributed by atoms with Crippen molar-refractivity contribution in [1.82, 2.24) is 4.98 Å². The molecule has 0 bridgehead atoms. The highest BCUT2D eigenvalue weighted by atomic mass is 19.1. The highest BCUT2D eigenvalue weighted by Crippen LogP contribution is 2.34. The van der Waals surface area contributed by atoms with Gasteiger partial charge in [-0.25, -0.2) is 4.39 Å². The second-order valence-electron chi connectivity index (χ2n) is 8.05. The van der Waals surface area contributed by atoms with Crippen LogP contribution in [-0.4, -0.2) is 44.1 Å². The lowest BCUT2D eigenvalue weighted by Crippen LogP contribution is -2.47. The van der Waals surface area contributed by atoms with Crippen molar-refractivity contribution < 1.29 is 13.9 Å². The van der Waals surface area contributed by atoms with Gasteiger partial charge in [-0.1, -0.05) is 30.3 Å². The number of ether oxygens (including phenoxy) is 1. The van der Waals surface area contributed by atoms with Crippen LogP contribution < -0.4 is 14.5 Å². The molecular weight excluding hydrogens is 417 g/mol. The van der Waals surface area contributed by atoms with Crippen LogP contribution in [0.2, 0.25) is 0 Å². The molecule has 5 nitrogen and oxygen atoms in total. The standard InChI is InChI=1S/C27H24FN3O2/c1-33-22-11-12-25-23(17-22)26(24(18-29-25)27(32)19-5-3-2-4-6-19)31-15-13-30(14-16-31)21-9-7-20(28)8-10-21/h2-12,17-18H,13-16H2,1H3. The molecule has 6 heteroatoms. The lowest BCUT2D eigenvalue weighted by Gasteiger charge is -2.38. The monoisotopic (exact) mass is 441 g/mol. The molecule has 1 fully saturated rings. The van der Waals surface area contributed by atoms with E-state index in [1.165, 1.54) is 12.1 Å². The quantitative estimate of drug-likeness (QED) is 0.411.